The first-order valence-corrected chi connectivity index (χ1v) is 6.14. The maximum absolute atomic E-state index is 11.9. The molecule has 9 nitrogen and oxygen atoms in total. The Hall–Kier alpha value is -2.59. The lowest BCUT2D eigenvalue weighted by Crippen LogP contribution is -2.51. The maximum atomic E-state index is 11.9. The van der Waals surface area contributed by atoms with Gasteiger partial charge in [-0.25, -0.2) is 15.8 Å². The van der Waals surface area contributed by atoms with Crippen LogP contribution in [0.4, 0.5) is 11.4 Å². The molecular weight excluding hydrogens is 296 g/mol. The van der Waals surface area contributed by atoms with Crippen molar-refractivity contribution >= 4 is 40.3 Å². The van der Waals surface area contributed by atoms with E-state index in [1.807, 2.05) is 0 Å². The van der Waals surface area contributed by atoms with Crippen LogP contribution < -0.4 is 5.84 Å². The van der Waals surface area contributed by atoms with Crippen LogP contribution in [-0.4, -0.2) is 32.7 Å². The van der Waals surface area contributed by atoms with Crippen molar-refractivity contribution in [2.45, 2.75) is 13.0 Å². The molecule has 0 radical (unpaired) electrons. The van der Waals surface area contributed by atoms with Gasteiger partial charge in [-0.15, -0.1) is 0 Å². The highest BCUT2D eigenvalue weighted by Crippen LogP contribution is 2.19. The summed E-state index contributed by atoms with van der Waals surface area (Å²) in [6.45, 7) is 1.59. The van der Waals surface area contributed by atoms with E-state index in [0.29, 0.717) is 11.4 Å². The summed E-state index contributed by atoms with van der Waals surface area (Å²) in [5.74, 6) is 4.93. The highest BCUT2D eigenvalue weighted by Gasteiger charge is 2.32. The molecule has 0 aromatic heterocycles. The molecule has 1 amide bonds. The van der Waals surface area contributed by atoms with Crippen molar-refractivity contribution in [3.8, 4) is 0 Å². The van der Waals surface area contributed by atoms with Gasteiger partial charge in [0, 0.05) is 12.1 Å². The lowest BCUT2D eigenvalue weighted by molar-refractivity contribution is -0.384. The number of nitro benzene ring substituents is 1. The Balaban J connectivity index is 2.20. The van der Waals surface area contributed by atoms with Gasteiger partial charge in [0.25, 0.3) is 11.6 Å². The molecule has 1 aromatic rings. The van der Waals surface area contributed by atoms with E-state index in [2.05, 4.69) is 15.2 Å². The molecule has 0 saturated carbocycles. The zero-order chi connectivity index (χ0) is 15.6. The van der Waals surface area contributed by atoms with E-state index in [9.17, 15) is 14.9 Å². The number of azo groups is 1. The molecule has 1 aromatic carbocycles. The summed E-state index contributed by atoms with van der Waals surface area (Å²) in [6.07, 6.45) is 0. The lowest BCUT2D eigenvalue weighted by Gasteiger charge is -2.23. The van der Waals surface area contributed by atoms with Crippen LogP contribution >= 0.6 is 12.2 Å². The van der Waals surface area contributed by atoms with E-state index in [1.165, 1.54) is 24.3 Å². The Kier molecular flexibility index (Phi) is 4.10. The Morgan fingerprint density at radius 2 is 2.05 bits per heavy atom. The van der Waals surface area contributed by atoms with E-state index in [0.717, 1.165) is 5.01 Å². The average molecular weight is 306 g/mol. The standard InChI is InChI=1S/C11H10N6O3S/c1-6-9(10(18)16(12)11(21)13-6)15-14-7-2-4-8(5-3-7)17(19)20/h2-5,9H,12H2,1H3/t9-/m0/s1. The number of nitro groups is 1. The number of non-ortho nitro benzene ring substituents is 1. The number of nitrogens with two attached hydrogens (primary N) is 1. The second kappa shape index (κ2) is 5.81. The molecule has 21 heavy (non-hydrogen) atoms. The topological polar surface area (TPSA) is 127 Å². The van der Waals surface area contributed by atoms with E-state index in [1.54, 1.807) is 6.92 Å². The molecular formula is C11H10N6O3S. The zero-order valence-corrected chi connectivity index (χ0v) is 11.6. The van der Waals surface area contributed by atoms with Gasteiger partial charge in [-0.1, -0.05) is 0 Å². The number of hydrazine groups is 1. The minimum atomic E-state index is -0.947. The fourth-order valence-corrected chi connectivity index (χ4v) is 1.80. The Morgan fingerprint density at radius 1 is 1.43 bits per heavy atom. The number of rotatable bonds is 3. The largest absolute Gasteiger partial charge is 0.275 e. The fourth-order valence-electron chi connectivity index (χ4n) is 1.57. The molecule has 1 atom stereocenters. The molecule has 0 bridgehead atoms. The number of benzene rings is 1. The summed E-state index contributed by atoms with van der Waals surface area (Å²) in [5, 5.41) is 19.0. The van der Waals surface area contributed by atoms with Gasteiger partial charge in [-0.05, 0) is 31.3 Å². The number of carbonyl (C=O) groups is 1. The van der Waals surface area contributed by atoms with Gasteiger partial charge in [-0.2, -0.15) is 10.2 Å². The second-order valence-corrected chi connectivity index (χ2v) is 4.50. The lowest BCUT2D eigenvalue weighted by atomic mass is 10.1. The van der Waals surface area contributed by atoms with Gasteiger partial charge >= 0.3 is 0 Å². The number of carbonyl (C=O) groups excluding carboxylic acids is 1. The fraction of sp³-hybridized carbons (Fsp3) is 0.182. The quantitative estimate of drug-likeness (QED) is 0.226. The van der Waals surface area contributed by atoms with Crippen LogP contribution in [0.25, 0.3) is 0 Å². The van der Waals surface area contributed by atoms with Crippen molar-refractivity contribution in [2.75, 3.05) is 0 Å². The summed E-state index contributed by atoms with van der Waals surface area (Å²) < 4.78 is 0. The van der Waals surface area contributed by atoms with Crippen LogP contribution in [0.1, 0.15) is 6.92 Å². The van der Waals surface area contributed by atoms with Gasteiger partial charge in [0.1, 0.15) is 0 Å². The second-order valence-electron chi connectivity index (χ2n) is 4.14. The number of aliphatic imine (C=N–C) groups is 1. The number of hydrogen-bond acceptors (Lipinski definition) is 7. The van der Waals surface area contributed by atoms with Crippen molar-refractivity contribution < 1.29 is 9.72 Å². The predicted molar refractivity (Wildman–Crippen MR) is 78.1 cm³/mol. The summed E-state index contributed by atoms with van der Waals surface area (Å²) in [7, 11) is 0. The molecule has 0 aliphatic carbocycles. The minimum absolute atomic E-state index is 0.0284. The first kappa shape index (κ1) is 14.8. The van der Waals surface area contributed by atoms with E-state index in [4.69, 9.17) is 18.1 Å². The van der Waals surface area contributed by atoms with E-state index >= 15 is 0 Å². The maximum Gasteiger partial charge on any atom is 0.275 e. The smallest absolute Gasteiger partial charge is 0.270 e. The average Bonchev–Trinajstić information content (AvgIpc) is 2.45. The molecule has 0 saturated heterocycles. The molecule has 1 heterocycles. The van der Waals surface area contributed by atoms with Crippen LogP contribution in [0.3, 0.4) is 0 Å². The third-order valence-electron chi connectivity index (χ3n) is 2.69. The van der Waals surface area contributed by atoms with Gasteiger partial charge in [0.15, 0.2) is 6.04 Å². The number of thiocarbonyl (C=S) groups is 1. The Bertz CT molecular complexity index is 669. The molecule has 0 unspecified atom stereocenters. The van der Waals surface area contributed by atoms with Crippen molar-refractivity contribution in [1.82, 2.24) is 5.01 Å². The highest BCUT2D eigenvalue weighted by molar-refractivity contribution is 7.80. The molecule has 2 rings (SSSR count). The zero-order valence-electron chi connectivity index (χ0n) is 10.8. The minimum Gasteiger partial charge on any atom is -0.270 e. The van der Waals surface area contributed by atoms with Gasteiger partial charge in [-0.3, -0.25) is 14.9 Å². The summed E-state index contributed by atoms with van der Waals surface area (Å²) in [6, 6.07) is 4.49. The number of nitrogens with zero attached hydrogens (tertiary/aromatic N) is 5. The summed E-state index contributed by atoms with van der Waals surface area (Å²) >= 11 is 4.81. The van der Waals surface area contributed by atoms with Crippen molar-refractivity contribution in [3.05, 3.63) is 34.4 Å². The molecule has 0 spiro atoms. The van der Waals surface area contributed by atoms with Gasteiger partial charge < -0.3 is 0 Å². The van der Waals surface area contributed by atoms with Crippen molar-refractivity contribution in [3.63, 3.8) is 0 Å². The van der Waals surface area contributed by atoms with Crippen molar-refractivity contribution in [2.24, 2.45) is 21.1 Å². The third-order valence-corrected chi connectivity index (χ3v) is 2.98. The number of amides is 1. The Labute approximate surface area is 124 Å². The predicted octanol–water partition coefficient (Wildman–Crippen LogP) is 1.51. The Morgan fingerprint density at radius 3 is 2.62 bits per heavy atom. The molecule has 2 N–H and O–H groups in total. The normalized spacial score (nSPS) is 19.0. The van der Waals surface area contributed by atoms with Crippen LogP contribution in [0.15, 0.2) is 39.5 Å². The van der Waals surface area contributed by atoms with E-state index < -0.39 is 16.9 Å². The molecule has 1 aliphatic heterocycles. The summed E-state index contributed by atoms with van der Waals surface area (Å²) in [5.41, 5.74) is 0.703. The molecule has 1 aliphatic rings. The SMILES string of the molecule is CC1=NC(=S)N(N)C(=O)[C@H]1N=Nc1ccc([N+](=O)[O-])cc1. The van der Waals surface area contributed by atoms with Crippen LogP contribution in [0.2, 0.25) is 0 Å². The first-order valence-electron chi connectivity index (χ1n) is 5.73. The van der Waals surface area contributed by atoms with Crippen LogP contribution in [0, 0.1) is 10.1 Å². The molecule has 10 heteroatoms. The van der Waals surface area contributed by atoms with Gasteiger partial charge in [0.2, 0.25) is 5.11 Å². The number of hydrogen-bond donors (Lipinski definition) is 1. The van der Waals surface area contributed by atoms with Gasteiger partial charge in [0.05, 0.1) is 16.3 Å². The third kappa shape index (κ3) is 3.12. The highest BCUT2D eigenvalue weighted by atomic mass is 32.1. The monoisotopic (exact) mass is 306 g/mol. The molecule has 108 valence electrons. The first-order chi connectivity index (χ1) is 9.90. The van der Waals surface area contributed by atoms with Crippen LogP contribution in [0.5, 0.6) is 0 Å². The van der Waals surface area contributed by atoms with E-state index in [-0.39, 0.29) is 10.8 Å². The molecule has 0 fully saturated rings. The summed E-state index contributed by atoms with van der Waals surface area (Å²) in [4.78, 5) is 25.8. The van der Waals surface area contributed by atoms with Crippen LogP contribution in [-0.2, 0) is 4.79 Å². The van der Waals surface area contributed by atoms with Crippen molar-refractivity contribution in [1.29, 1.82) is 0 Å².